The van der Waals surface area contributed by atoms with Crippen molar-refractivity contribution >= 4 is 22.6 Å². The van der Waals surface area contributed by atoms with Gasteiger partial charge in [-0.2, -0.15) is 0 Å². The number of para-hydroxylation sites is 3. The minimum atomic E-state index is 0.0336. The van der Waals surface area contributed by atoms with Gasteiger partial charge in [0.2, 0.25) is 5.91 Å². The summed E-state index contributed by atoms with van der Waals surface area (Å²) in [5.41, 5.74) is 4.14. The third-order valence-electron chi connectivity index (χ3n) is 3.92. The highest BCUT2D eigenvalue weighted by molar-refractivity contribution is 5.91. The van der Waals surface area contributed by atoms with Crippen LogP contribution in [0.1, 0.15) is 25.3 Å². The number of hydrogen-bond acceptors (Lipinski definition) is 2. The largest absolute Gasteiger partial charge is 0.330 e. The van der Waals surface area contributed by atoms with E-state index < -0.39 is 0 Å². The van der Waals surface area contributed by atoms with E-state index in [-0.39, 0.29) is 5.91 Å². The lowest BCUT2D eigenvalue weighted by Crippen LogP contribution is -2.15. The maximum absolute atomic E-state index is 12.3. The van der Waals surface area contributed by atoms with Crippen molar-refractivity contribution in [3.05, 3.63) is 60.4 Å². The van der Waals surface area contributed by atoms with E-state index in [4.69, 9.17) is 0 Å². The lowest BCUT2D eigenvalue weighted by Gasteiger charge is -2.11. The maximum atomic E-state index is 12.3. The molecule has 0 saturated heterocycles. The second kappa shape index (κ2) is 7.09. The predicted octanol–water partition coefficient (Wildman–Crippen LogP) is 4.02. The molecule has 4 heteroatoms. The number of aryl methyl sites for hydroxylation is 2. The van der Waals surface area contributed by atoms with Gasteiger partial charge in [-0.05, 0) is 30.2 Å². The average molecular weight is 307 g/mol. The van der Waals surface area contributed by atoms with Gasteiger partial charge in [0.05, 0.1) is 17.4 Å². The number of nitrogens with zero attached hydrogens (tertiary/aromatic N) is 2. The molecule has 0 aliphatic heterocycles. The van der Waals surface area contributed by atoms with Crippen molar-refractivity contribution in [3.63, 3.8) is 0 Å². The van der Waals surface area contributed by atoms with Gasteiger partial charge < -0.3 is 9.88 Å². The number of carbonyl (C=O) groups excluding carboxylic acids is 1. The second-order valence-corrected chi connectivity index (χ2v) is 5.63. The lowest BCUT2D eigenvalue weighted by atomic mass is 10.1. The number of fused-ring (bicyclic) bond motifs is 1. The number of amides is 1. The molecule has 1 N–H and O–H groups in total. The number of hydrogen-bond donors (Lipinski definition) is 1. The summed E-state index contributed by atoms with van der Waals surface area (Å²) >= 11 is 0. The van der Waals surface area contributed by atoms with Crippen molar-refractivity contribution in [2.45, 2.75) is 32.7 Å². The molecule has 0 bridgehead atoms. The molecule has 4 nitrogen and oxygen atoms in total. The maximum Gasteiger partial charge on any atom is 0.226 e. The Labute approximate surface area is 136 Å². The van der Waals surface area contributed by atoms with E-state index in [1.54, 1.807) is 6.33 Å². The first-order valence-electron chi connectivity index (χ1n) is 8.05. The third kappa shape index (κ3) is 3.59. The van der Waals surface area contributed by atoms with E-state index >= 15 is 0 Å². The van der Waals surface area contributed by atoms with Gasteiger partial charge in [0.25, 0.3) is 0 Å². The summed E-state index contributed by atoms with van der Waals surface area (Å²) < 4.78 is 2.02. The Kier molecular flexibility index (Phi) is 4.71. The van der Waals surface area contributed by atoms with Crippen LogP contribution in [0.5, 0.6) is 0 Å². The van der Waals surface area contributed by atoms with Gasteiger partial charge in [-0.25, -0.2) is 4.98 Å². The van der Waals surface area contributed by atoms with Crippen LogP contribution >= 0.6 is 0 Å². The third-order valence-corrected chi connectivity index (χ3v) is 3.92. The molecule has 0 radical (unpaired) electrons. The Morgan fingerprint density at radius 3 is 2.78 bits per heavy atom. The van der Waals surface area contributed by atoms with Crippen molar-refractivity contribution in [2.24, 2.45) is 0 Å². The number of rotatable bonds is 6. The van der Waals surface area contributed by atoms with E-state index in [2.05, 4.69) is 23.3 Å². The summed E-state index contributed by atoms with van der Waals surface area (Å²) in [7, 11) is 0. The van der Waals surface area contributed by atoms with E-state index in [1.807, 2.05) is 47.0 Å². The molecule has 23 heavy (non-hydrogen) atoms. The number of carbonyl (C=O) groups is 1. The van der Waals surface area contributed by atoms with Crippen molar-refractivity contribution in [2.75, 3.05) is 5.32 Å². The molecule has 0 aliphatic carbocycles. The zero-order valence-corrected chi connectivity index (χ0v) is 13.3. The SMILES string of the molecule is CCCc1ccccc1NC(=O)CCn1cnc2ccccc21. The van der Waals surface area contributed by atoms with E-state index in [0.29, 0.717) is 13.0 Å². The van der Waals surface area contributed by atoms with Crippen LogP contribution in [0.4, 0.5) is 5.69 Å². The Hall–Kier alpha value is -2.62. The molecule has 0 aliphatic rings. The summed E-state index contributed by atoms with van der Waals surface area (Å²) in [4.78, 5) is 16.6. The number of benzene rings is 2. The highest BCUT2D eigenvalue weighted by atomic mass is 16.1. The monoisotopic (exact) mass is 307 g/mol. The fourth-order valence-corrected chi connectivity index (χ4v) is 2.75. The quantitative estimate of drug-likeness (QED) is 0.747. The molecule has 3 aromatic rings. The predicted molar refractivity (Wildman–Crippen MR) is 93.4 cm³/mol. The number of nitrogens with one attached hydrogen (secondary N) is 1. The van der Waals surface area contributed by atoms with Gasteiger partial charge in [0.1, 0.15) is 0 Å². The molecule has 1 amide bonds. The van der Waals surface area contributed by atoms with Crippen LogP contribution in [0.15, 0.2) is 54.9 Å². The smallest absolute Gasteiger partial charge is 0.226 e. The van der Waals surface area contributed by atoms with Crippen LogP contribution in [0.2, 0.25) is 0 Å². The van der Waals surface area contributed by atoms with Gasteiger partial charge in [-0.3, -0.25) is 4.79 Å². The molecule has 0 atom stereocenters. The summed E-state index contributed by atoms with van der Waals surface area (Å²) in [6.45, 7) is 2.77. The highest BCUT2D eigenvalue weighted by Gasteiger charge is 2.08. The highest BCUT2D eigenvalue weighted by Crippen LogP contribution is 2.17. The molecule has 0 unspecified atom stereocenters. The fourth-order valence-electron chi connectivity index (χ4n) is 2.75. The summed E-state index contributed by atoms with van der Waals surface area (Å²) in [5.74, 6) is 0.0336. The minimum Gasteiger partial charge on any atom is -0.330 e. The van der Waals surface area contributed by atoms with Crippen molar-refractivity contribution in [1.82, 2.24) is 9.55 Å². The van der Waals surface area contributed by atoms with E-state index in [9.17, 15) is 4.79 Å². The van der Waals surface area contributed by atoms with Crippen LogP contribution in [-0.2, 0) is 17.8 Å². The first kappa shape index (κ1) is 15.3. The molecule has 2 aromatic carbocycles. The van der Waals surface area contributed by atoms with Crippen LogP contribution in [0.25, 0.3) is 11.0 Å². The zero-order valence-electron chi connectivity index (χ0n) is 13.3. The minimum absolute atomic E-state index is 0.0336. The number of imidazole rings is 1. The summed E-state index contributed by atoms with van der Waals surface area (Å²) in [6.07, 6.45) is 4.26. The Morgan fingerprint density at radius 1 is 1.13 bits per heavy atom. The molecule has 1 heterocycles. The van der Waals surface area contributed by atoms with Crippen LogP contribution in [0, 0.1) is 0 Å². The molecular formula is C19H21N3O. The van der Waals surface area contributed by atoms with Crippen LogP contribution in [0.3, 0.4) is 0 Å². The lowest BCUT2D eigenvalue weighted by molar-refractivity contribution is -0.116. The van der Waals surface area contributed by atoms with Gasteiger partial charge in [0.15, 0.2) is 0 Å². The molecule has 0 fully saturated rings. The van der Waals surface area contributed by atoms with Gasteiger partial charge in [-0.15, -0.1) is 0 Å². The van der Waals surface area contributed by atoms with Crippen molar-refractivity contribution < 1.29 is 4.79 Å². The van der Waals surface area contributed by atoms with Crippen LogP contribution < -0.4 is 5.32 Å². The first-order chi connectivity index (χ1) is 11.3. The van der Waals surface area contributed by atoms with Crippen LogP contribution in [-0.4, -0.2) is 15.5 Å². The average Bonchev–Trinajstić information content (AvgIpc) is 2.98. The second-order valence-electron chi connectivity index (χ2n) is 5.63. The van der Waals surface area contributed by atoms with Gasteiger partial charge in [0, 0.05) is 18.7 Å². The normalized spacial score (nSPS) is 10.8. The topological polar surface area (TPSA) is 46.9 Å². The Bertz CT molecular complexity index is 807. The molecule has 0 saturated carbocycles. The number of aromatic nitrogens is 2. The van der Waals surface area contributed by atoms with E-state index in [0.717, 1.165) is 29.6 Å². The molecule has 0 spiro atoms. The molecular weight excluding hydrogens is 286 g/mol. The Balaban J connectivity index is 1.64. The van der Waals surface area contributed by atoms with Crippen molar-refractivity contribution in [3.8, 4) is 0 Å². The fraction of sp³-hybridized carbons (Fsp3) is 0.263. The zero-order chi connectivity index (χ0) is 16.1. The summed E-state index contributed by atoms with van der Waals surface area (Å²) in [5, 5.41) is 3.03. The summed E-state index contributed by atoms with van der Waals surface area (Å²) in [6, 6.07) is 16.0. The van der Waals surface area contributed by atoms with E-state index in [1.165, 1.54) is 5.56 Å². The Morgan fingerprint density at radius 2 is 1.91 bits per heavy atom. The number of anilines is 1. The first-order valence-corrected chi connectivity index (χ1v) is 8.05. The standard InChI is InChI=1S/C19H21N3O/c1-2-7-15-8-3-4-9-16(15)21-19(23)12-13-22-14-20-17-10-5-6-11-18(17)22/h3-6,8-11,14H,2,7,12-13H2,1H3,(H,21,23). The van der Waals surface area contributed by atoms with Gasteiger partial charge >= 0.3 is 0 Å². The molecule has 3 rings (SSSR count). The van der Waals surface area contributed by atoms with Crippen molar-refractivity contribution in [1.29, 1.82) is 0 Å². The van der Waals surface area contributed by atoms with Gasteiger partial charge in [-0.1, -0.05) is 43.7 Å². The molecule has 118 valence electrons. The molecule has 1 aromatic heterocycles.